The fourth-order valence-electron chi connectivity index (χ4n) is 3.70. The first kappa shape index (κ1) is 23.4. The maximum Gasteiger partial charge on any atom is 0.291 e. The number of likely N-dealkylation sites (tertiary alicyclic amines) is 1. The van der Waals surface area contributed by atoms with Crippen LogP contribution in [0.1, 0.15) is 23.4 Å². The second-order valence-corrected chi connectivity index (χ2v) is 8.30. The van der Waals surface area contributed by atoms with Crippen LogP contribution < -0.4 is 15.4 Å². The minimum atomic E-state index is -0.452. The standard InChI is InChI=1S/C25H24ClN3O5/c26-18-8-9-20(21(15-18)28-25(32)22-7-4-14-33-22)27-24(31)17-10-12-29(13-11-17)23(30)16-34-19-5-2-1-3-6-19/h1-9,14-15,17H,10-13,16H2,(H,27,31)(H,28,32). The number of hydrogen-bond donors (Lipinski definition) is 2. The van der Waals surface area contributed by atoms with Crippen molar-refractivity contribution >= 4 is 40.7 Å². The zero-order chi connectivity index (χ0) is 23.9. The van der Waals surface area contributed by atoms with Crippen LogP contribution >= 0.6 is 11.6 Å². The molecular formula is C25H24ClN3O5. The van der Waals surface area contributed by atoms with Gasteiger partial charge in [-0.25, -0.2) is 0 Å². The Morgan fingerprint density at radius 3 is 2.44 bits per heavy atom. The Morgan fingerprint density at radius 2 is 1.74 bits per heavy atom. The number of rotatable bonds is 7. The fraction of sp³-hybridized carbons (Fsp3) is 0.240. The third-order valence-electron chi connectivity index (χ3n) is 5.56. The molecule has 0 radical (unpaired) electrons. The molecule has 34 heavy (non-hydrogen) atoms. The number of carbonyl (C=O) groups is 3. The average Bonchev–Trinajstić information content (AvgIpc) is 3.40. The molecule has 176 valence electrons. The lowest BCUT2D eigenvalue weighted by atomic mass is 9.95. The SMILES string of the molecule is O=C(Nc1cc(Cl)ccc1NC(=O)C1CCN(C(=O)COc2ccccc2)CC1)c1ccco1. The normalized spacial score (nSPS) is 13.9. The molecular weight excluding hydrogens is 458 g/mol. The molecule has 8 nitrogen and oxygen atoms in total. The highest BCUT2D eigenvalue weighted by atomic mass is 35.5. The van der Waals surface area contributed by atoms with Gasteiger partial charge >= 0.3 is 0 Å². The number of nitrogens with zero attached hydrogens (tertiary/aromatic N) is 1. The van der Waals surface area contributed by atoms with Crippen LogP contribution in [0, 0.1) is 5.92 Å². The Kier molecular flexibility index (Phi) is 7.49. The van der Waals surface area contributed by atoms with Crippen LogP contribution in [-0.2, 0) is 9.59 Å². The molecule has 0 saturated carbocycles. The number of nitrogens with one attached hydrogen (secondary N) is 2. The molecule has 1 aliphatic heterocycles. The molecule has 2 N–H and O–H groups in total. The molecule has 1 aliphatic rings. The Hall–Kier alpha value is -3.78. The molecule has 1 aromatic heterocycles. The molecule has 0 unspecified atom stereocenters. The lowest BCUT2D eigenvalue weighted by Crippen LogP contribution is -2.43. The molecule has 0 aliphatic carbocycles. The Morgan fingerprint density at radius 1 is 0.971 bits per heavy atom. The van der Waals surface area contributed by atoms with E-state index in [9.17, 15) is 14.4 Å². The first-order valence-corrected chi connectivity index (χ1v) is 11.3. The van der Waals surface area contributed by atoms with E-state index in [2.05, 4.69) is 10.6 Å². The minimum Gasteiger partial charge on any atom is -0.484 e. The molecule has 2 heterocycles. The van der Waals surface area contributed by atoms with E-state index in [1.54, 1.807) is 41.3 Å². The zero-order valence-corrected chi connectivity index (χ0v) is 19.1. The van der Waals surface area contributed by atoms with Crippen LogP contribution in [0.2, 0.25) is 5.02 Å². The summed E-state index contributed by atoms with van der Waals surface area (Å²) in [7, 11) is 0. The lowest BCUT2D eigenvalue weighted by molar-refractivity contribution is -0.136. The van der Waals surface area contributed by atoms with Gasteiger partial charge in [0.2, 0.25) is 5.91 Å². The van der Waals surface area contributed by atoms with Crippen molar-refractivity contribution in [1.82, 2.24) is 4.90 Å². The molecule has 3 amide bonds. The summed E-state index contributed by atoms with van der Waals surface area (Å²) in [6, 6.07) is 17.1. The number of furan rings is 1. The van der Waals surface area contributed by atoms with E-state index >= 15 is 0 Å². The van der Waals surface area contributed by atoms with Gasteiger partial charge in [-0.2, -0.15) is 0 Å². The number of piperidine rings is 1. The van der Waals surface area contributed by atoms with Crippen molar-refractivity contribution in [2.24, 2.45) is 5.92 Å². The van der Waals surface area contributed by atoms with Crippen LogP contribution in [0.25, 0.3) is 0 Å². The van der Waals surface area contributed by atoms with E-state index in [0.29, 0.717) is 48.1 Å². The number of ether oxygens (including phenoxy) is 1. The van der Waals surface area contributed by atoms with E-state index in [-0.39, 0.29) is 30.1 Å². The summed E-state index contributed by atoms with van der Waals surface area (Å²) in [5.41, 5.74) is 0.803. The van der Waals surface area contributed by atoms with Gasteiger partial charge in [0.15, 0.2) is 12.4 Å². The van der Waals surface area contributed by atoms with Gasteiger partial charge < -0.3 is 24.7 Å². The van der Waals surface area contributed by atoms with Gasteiger partial charge in [0.1, 0.15) is 5.75 Å². The maximum atomic E-state index is 12.9. The van der Waals surface area contributed by atoms with Crippen molar-refractivity contribution in [2.45, 2.75) is 12.8 Å². The van der Waals surface area contributed by atoms with Crippen LogP contribution in [0.5, 0.6) is 5.75 Å². The van der Waals surface area contributed by atoms with Crippen molar-refractivity contribution in [3.63, 3.8) is 0 Å². The topological polar surface area (TPSA) is 101 Å². The first-order chi connectivity index (χ1) is 16.5. The molecule has 0 spiro atoms. The number of hydrogen-bond acceptors (Lipinski definition) is 5. The first-order valence-electron chi connectivity index (χ1n) is 10.9. The second-order valence-electron chi connectivity index (χ2n) is 7.87. The highest BCUT2D eigenvalue weighted by molar-refractivity contribution is 6.31. The van der Waals surface area contributed by atoms with Gasteiger partial charge in [-0.1, -0.05) is 29.8 Å². The highest BCUT2D eigenvalue weighted by Gasteiger charge is 2.28. The van der Waals surface area contributed by atoms with Gasteiger partial charge in [0.05, 0.1) is 17.6 Å². The van der Waals surface area contributed by atoms with E-state index in [0.717, 1.165) is 0 Å². The fourth-order valence-corrected chi connectivity index (χ4v) is 3.87. The number of anilines is 2. The van der Waals surface area contributed by atoms with Gasteiger partial charge in [-0.15, -0.1) is 0 Å². The smallest absolute Gasteiger partial charge is 0.291 e. The van der Waals surface area contributed by atoms with E-state index in [1.165, 1.54) is 12.3 Å². The number of amides is 3. The number of benzene rings is 2. The number of carbonyl (C=O) groups excluding carboxylic acids is 3. The minimum absolute atomic E-state index is 0.0373. The molecule has 9 heteroatoms. The Balaban J connectivity index is 1.31. The molecule has 0 bridgehead atoms. The highest BCUT2D eigenvalue weighted by Crippen LogP contribution is 2.28. The summed E-state index contributed by atoms with van der Waals surface area (Å²) in [5, 5.41) is 6.00. The van der Waals surface area contributed by atoms with Crippen molar-refractivity contribution in [3.05, 3.63) is 77.7 Å². The molecule has 2 aromatic carbocycles. The Bertz CT molecular complexity index is 1140. The van der Waals surface area contributed by atoms with Crippen LogP contribution in [0.4, 0.5) is 11.4 Å². The van der Waals surface area contributed by atoms with E-state index < -0.39 is 5.91 Å². The predicted molar refractivity (Wildman–Crippen MR) is 128 cm³/mol. The molecule has 1 fully saturated rings. The summed E-state index contributed by atoms with van der Waals surface area (Å²) in [6.07, 6.45) is 2.47. The van der Waals surface area contributed by atoms with Crippen LogP contribution in [-0.4, -0.2) is 42.3 Å². The van der Waals surface area contributed by atoms with Gasteiger partial charge in [-0.3, -0.25) is 14.4 Å². The molecule has 3 aromatic rings. The lowest BCUT2D eigenvalue weighted by Gasteiger charge is -2.31. The summed E-state index contributed by atoms with van der Waals surface area (Å²) in [5.74, 6) is -0.212. The predicted octanol–water partition coefficient (Wildman–Crippen LogP) is 4.44. The molecule has 0 atom stereocenters. The summed E-state index contributed by atoms with van der Waals surface area (Å²) >= 11 is 6.09. The number of halogens is 1. The van der Waals surface area contributed by atoms with E-state index in [1.807, 2.05) is 18.2 Å². The monoisotopic (exact) mass is 481 g/mol. The summed E-state index contributed by atoms with van der Waals surface area (Å²) < 4.78 is 10.6. The number of para-hydroxylation sites is 1. The Labute approximate surface area is 201 Å². The average molecular weight is 482 g/mol. The second kappa shape index (κ2) is 10.9. The van der Waals surface area contributed by atoms with Gasteiger partial charge in [0.25, 0.3) is 11.8 Å². The van der Waals surface area contributed by atoms with Crippen molar-refractivity contribution in [3.8, 4) is 5.75 Å². The van der Waals surface area contributed by atoms with Gasteiger partial charge in [0, 0.05) is 24.0 Å². The quantitative estimate of drug-likeness (QED) is 0.519. The summed E-state index contributed by atoms with van der Waals surface area (Å²) in [6.45, 7) is 0.903. The van der Waals surface area contributed by atoms with Crippen LogP contribution in [0.15, 0.2) is 71.3 Å². The third kappa shape index (κ3) is 5.96. The van der Waals surface area contributed by atoms with Crippen molar-refractivity contribution in [2.75, 3.05) is 30.3 Å². The largest absolute Gasteiger partial charge is 0.484 e. The van der Waals surface area contributed by atoms with Crippen molar-refractivity contribution in [1.29, 1.82) is 0 Å². The van der Waals surface area contributed by atoms with E-state index in [4.69, 9.17) is 20.8 Å². The van der Waals surface area contributed by atoms with Crippen molar-refractivity contribution < 1.29 is 23.5 Å². The zero-order valence-electron chi connectivity index (χ0n) is 18.3. The maximum absolute atomic E-state index is 12.9. The molecule has 1 saturated heterocycles. The van der Waals surface area contributed by atoms with Gasteiger partial charge in [-0.05, 0) is 55.3 Å². The molecule has 4 rings (SSSR count). The summed E-state index contributed by atoms with van der Waals surface area (Å²) in [4.78, 5) is 39.4. The van der Waals surface area contributed by atoms with Crippen LogP contribution in [0.3, 0.4) is 0 Å². The third-order valence-corrected chi connectivity index (χ3v) is 5.79.